The van der Waals surface area contributed by atoms with Crippen molar-refractivity contribution in [2.75, 3.05) is 71.3 Å². The minimum Gasteiger partial charge on any atom is -0.378 e. The molecule has 1 aromatic heterocycles. The van der Waals surface area contributed by atoms with Gasteiger partial charge < -0.3 is 19.9 Å². The van der Waals surface area contributed by atoms with E-state index in [1.807, 2.05) is 4.90 Å². The smallest absolute Gasteiger partial charge is 0.247 e. The SMILES string of the molecule is C=C(CCS(=O)(=O)CCN(C)Cc1cn(CCOCCOCCOCCN)nn1)C(=O)Cl. The fourth-order valence-corrected chi connectivity index (χ4v) is 3.88. The van der Waals surface area contributed by atoms with Crippen LogP contribution in [0.25, 0.3) is 0 Å². The van der Waals surface area contributed by atoms with Gasteiger partial charge in [0.25, 0.3) is 0 Å². The van der Waals surface area contributed by atoms with Crippen molar-refractivity contribution >= 4 is 26.7 Å². The molecule has 1 heterocycles. The second kappa shape index (κ2) is 16.2. The van der Waals surface area contributed by atoms with E-state index in [1.165, 1.54) is 0 Å². The van der Waals surface area contributed by atoms with Crippen LogP contribution in [0.5, 0.6) is 0 Å². The third-order valence-corrected chi connectivity index (χ3v) is 6.16. The minimum absolute atomic E-state index is 0.0313. The lowest BCUT2D eigenvalue weighted by molar-refractivity contribution is -0.108. The van der Waals surface area contributed by atoms with Crippen LogP contribution in [0.3, 0.4) is 0 Å². The topological polar surface area (TPSA) is 139 Å². The number of ether oxygens (including phenoxy) is 3. The Morgan fingerprint density at radius 1 is 1.16 bits per heavy atom. The summed E-state index contributed by atoms with van der Waals surface area (Å²) < 4.78 is 41.9. The maximum absolute atomic E-state index is 12.1. The molecular weight excluding hydrogens is 462 g/mol. The maximum Gasteiger partial charge on any atom is 0.247 e. The molecule has 0 saturated carbocycles. The van der Waals surface area contributed by atoms with Crippen molar-refractivity contribution in [1.82, 2.24) is 19.9 Å². The highest BCUT2D eigenvalue weighted by atomic mass is 35.5. The fourth-order valence-electron chi connectivity index (χ4n) is 2.43. The van der Waals surface area contributed by atoms with Gasteiger partial charge in [-0.25, -0.2) is 13.1 Å². The number of sulfone groups is 1. The van der Waals surface area contributed by atoms with E-state index in [4.69, 9.17) is 31.5 Å². The molecule has 184 valence electrons. The maximum atomic E-state index is 12.1. The number of halogens is 1. The third kappa shape index (κ3) is 13.9. The van der Waals surface area contributed by atoms with E-state index < -0.39 is 15.1 Å². The average molecular weight is 496 g/mol. The molecule has 0 aliphatic rings. The van der Waals surface area contributed by atoms with Gasteiger partial charge in [-0.3, -0.25) is 9.69 Å². The molecule has 0 fully saturated rings. The van der Waals surface area contributed by atoms with E-state index in [9.17, 15) is 13.2 Å². The van der Waals surface area contributed by atoms with Crippen LogP contribution in [0.4, 0.5) is 0 Å². The van der Waals surface area contributed by atoms with Gasteiger partial charge in [0.1, 0.15) is 0 Å². The van der Waals surface area contributed by atoms with Gasteiger partial charge in [0, 0.05) is 31.4 Å². The molecule has 0 amide bonds. The van der Waals surface area contributed by atoms with Gasteiger partial charge in [-0.1, -0.05) is 11.8 Å². The Morgan fingerprint density at radius 2 is 1.78 bits per heavy atom. The van der Waals surface area contributed by atoms with Crippen molar-refractivity contribution in [3.63, 3.8) is 0 Å². The summed E-state index contributed by atoms with van der Waals surface area (Å²) in [5.74, 6) is -0.183. The molecule has 0 aliphatic carbocycles. The van der Waals surface area contributed by atoms with Gasteiger partial charge in [0.15, 0.2) is 9.84 Å². The second-order valence-corrected chi connectivity index (χ2v) is 9.76. The van der Waals surface area contributed by atoms with E-state index >= 15 is 0 Å². The molecule has 0 bridgehead atoms. The van der Waals surface area contributed by atoms with Crippen LogP contribution in [-0.4, -0.2) is 105 Å². The van der Waals surface area contributed by atoms with Crippen LogP contribution in [0.1, 0.15) is 12.1 Å². The number of allylic oxidation sites excluding steroid dienone is 1. The Balaban J connectivity index is 2.17. The number of carbonyl (C=O) groups excluding carboxylic acids is 1. The first-order chi connectivity index (χ1) is 15.2. The molecule has 11 nitrogen and oxygen atoms in total. The van der Waals surface area contributed by atoms with E-state index in [0.717, 1.165) is 5.69 Å². The van der Waals surface area contributed by atoms with Crippen molar-refractivity contribution in [2.24, 2.45) is 5.73 Å². The summed E-state index contributed by atoms with van der Waals surface area (Å²) in [5.41, 5.74) is 6.15. The van der Waals surface area contributed by atoms with Gasteiger partial charge in [-0.2, -0.15) is 0 Å². The first kappa shape index (κ1) is 28.6. The summed E-state index contributed by atoms with van der Waals surface area (Å²) >= 11 is 5.28. The van der Waals surface area contributed by atoms with Crippen molar-refractivity contribution in [2.45, 2.75) is 19.5 Å². The molecule has 1 aromatic rings. The highest BCUT2D eigenvalue weighted by molar-refractivity contribution is 7.91. The molecule has 0 radical (unpaired) electrons. The van der Waals surface area contributed by atoms with Crippen molar-refractivity contribution < 1.29 is 27.4 Å². The van der Waals surface area contributed by atoms with Crippen LogP contribution < -0.4 is 5.73 Å². The van der Waals surface area contributed by atoms with Crippen LogP contribution in [0, 0.1) is 0 Å². The van der Waals surface area contributed by atoms with Gasteiger partial charge in [0.2, 0.25) is 5.24 Å². The predicted molar refractivity (Wildman–Crippen MR) is 121 cm³/mol. The molecule has 0 saturated heterocycles. The Hall–Kier alpha value is -1.41. The molecule has 32 heavy (non-hydrogen) atoms. The molecule has 0 spiro atoms. The Kier molecular flexibility index (Phi) is 14.5. The number of hydrogen-bond donors (Lipinski definition) is 1. The predicted octanol–water partition coefficient (Wildman–Crippen LogP) is -0.155. The summed E-state index contributed by atoms with van der Waals surface area (Å²) in [4.78, 5) is 12.8. The zero-order valence-corrected chi connectivity index (χ0v) is 20.2. The normalized spacial score (nSPS) is 11.9. The largest absolute Gasteiger partial charge is 0.378 e. The molecule has 0 aliphatic heterocycles. The van der Waals surface area contributed by atoms with Crippen LogP contribution in [0.15, 0.2) is 18.3 Å². The molecule has 13 heteroatoms. The minimum atomic E-state index is -3.31. The number of nitrogens with zero attached hydrogens (tertiary/aromatic N) is 4. The van der Waals surface area contributed by atoms with Gasteiger partial charge in [-0.15, -0.1) is 5.10 Å². The zero-order chi connectivity index (χ0) is 23.8. The molecule has 2 N–H and O–H groups in total. The number of aromatic nitrogens is 3. The lowest BCUT2D eigenvalue weighted by Crippen LogP contribution is -2.27. The fraction of sp³-hybridized carbons (Fsp3) is 0.737. The van der Waals surface area contributed by atoms with E-state index in [2.05, 4.69) is 16.9 Å². The quantitative estimate of drug-likeness (QED) is 0.147. The Morgan fingerprint density at radius 3 is 2.41 bits per heavy atom. The highest BCUT2D eigenvalue weighted by Crippen LogP contribution is 2.07. The molecule has 0 aromatic carbocycles. The number of rotatable bonds is 20. The molecule has 0 atom stereocenters. The lowest BCUT2D eigenvalue weighted by Gasteiger charge is -2.14. The van der Waals surface area contributed by atoms with Gasteiger partial charge in [0.05, 0.1) is 63.4 Å². The number of hydrogen-bond acceptors (Lipinski definition) is 10. The van der Waals surface area contributed by atoms with Gasteiger partial charge in [-0.05, 0) is 25.1 Å². The van der Waals surface area contributed by atoms with Crippen LogP contribution in [0.2, 0.25) is 0 Å². The highest BCUT2D eigenvalue weighted by Gasteiger charge is 2.15. The van der Waals surface area contributed by atoms with Gasteiger partial charge >= 0.3 is 0 Å². The summed E-state index contributed by atoms with van der Waals surface area (Å²) in [7, 11) is -1.51. The third-order valence-electron chi connectivity index (χ3n) is 4.27. The standard InChI is InChI=1S/C19H34ClN5O6S/c1-17(19(20)26)3-13-32(27,28)14-6-24(2)15-18-16-25(23-22-18)5-8-30-10-12-31-11-9-29-7-4-21/h16H,1,3-15,21H2,2H3. The van der Waals surface area contributed by atoms with Crippen LogP contribution >= 0.6 is 11.6 Å². The molecular formula is C19H34ClN5O6S. The number of carbonyl (C=O) groups is 1. The summed E-state index contributed by atoms with van der Waals surface area (Å²) in [5, 5.41) is 7.44. The van der Waals surface area contributed by atoms with Crippen LogP contribution in [-0.2, 0) is 41.9 Å². The first-order valence-corrected chi connectivity index (χ1v) is 12.5. The van der Waals surface area contributed by atoms with Crippen molar-refractivity contribution in [1.29, 1.82) is 0 Å². The zero-order valence-electron chi connectivity index (χ0n) is 18.6. The molecule has 1 rings (SSSR count). The second-order valence-electron chi connectivity index (χ2n) is 7.12. The lowest BCUT2D eigenvalue weighted by atomic mass is 10.3. The average Bonchev–Trinajstić information content (AvgIpc) is 3.19. The monoisotopic (exact) mass is 495 g/mol. The molecule has 0 unspecified atom stereocenters. The van der Waals surface area contributed by atoms with E-state index in [0.29, 0.717) is 65.8 Å². The van der Waals surface area contributed by atoms with Crippen molar-refractivity contribution in [3.05, 3.63) is 24.0 Å². The summed E-state index contributed by atoms with van der Waals surface area (Å²) in [6.45, 7) is 8.30. The van der Waals surface area contributed by atoms with Crippen molar-refractivity contribution in [3.8, 4) is 0 Å². The number of nitrogens with two attached hydrogens (primary N) is 1. The summed E-state index contributed by atoms with van der Waals surface area (Å²) in [6, 6.07) is 0. The van der Waals surface area contributed by atoms with E-state index in [-0.39, 0.29) is 23.5 Å². The Bertz CT molecular complexity index is 789. The first-order valence-electron chi connectivity index (χ1n) is 10.3. The summed E-state index contributed by atoms with van der Waals surface area (Å²) in [6.07, 6.45) is 1.84. The Labute approximate surface area is 194 Å². The van der Waals surface area contributed by atoms with E-state index in [1.54, 1.807) is 17.9 Å².